The number of hydrogen-bond acceptors (Lipinski definition) is 2. The molecule has 0 bridgehead atoms. The standard InChI is InChI=1S/C29H31NO/c1-20-19-24(29(3,4)5)16-18-27(20)31-28-25-14-10-9-13-23(25)15-17-26(28)30-21(2)22-11-7-6-8-12-22/h6-19,21,30H,1-5H3. The van der Waals surface area contributed by atoms with Crippen LogP contribution in [0.4, 0.5) is 5.69 Å². The zero-order valence-electron chi connectivity index (χ0n) is 19.1. The highest BCUT2D eigenvalue weighted by Crippen LogP contribution is 2.40. The highest BCUT2D eigenvalue weighted by Gasteiger charge is 2.17. The predicted molar refractivity (Wildman–Crippen MR) is 132 cm³/mol. The number of rotatable bonds is 5. The van der Waals surface area contributed by atoms with Gasteiger partial charge in [0.05, 0.1) is 5.69 Å². The Kier molecular flexibility index (Phi) is 5.73. The van der Waals surface area contributed by atoms with Gasteiger partial charge in [-0.2, -0.15) is 0 Å². The molecule has 0 radical (unpaired) electrons. The number of benzene rings is 4. The zero-order valence-corrected chi connectivity index (χ0v) is 19.1. The van der Waals surface area contributed by atoms with Gasteiger partial charge in [0.1, 0.15) is 5.75 Å². The molecule has 4 aromatic carbocycles. The molecule has 1 N–H and O–H groups in total. The minimum Gasteiger partial charge on any atom is -0.454 e. The lowest BCUT2D eigenvalue weighted by Gasteiger charge is -2.22. The highest BCUT2D eigenvalue weighted by atomic mass is 16.5. The van der Waals surface area contributed by atoms with E-state index in [0.717, 1.165) is 28.1 Å². The summed E-state index contributed by atoms with van der Waals surface area (Å²) in [5.41, 5.74) is 4.80. The van der Waals surface area contributed by atoms with Crippen molar-refractivity contribution in [1.82, 2.24) is 0 Å². The average Bonchev–Trinajstić information content (AvgIpc) is 2.76. The van der Waals surface area contributed by atoms with E-state index in [1.807, 2.05) is 6.07 Å². The first-order valence-corrected chi connectivity index (χ1v) is 10.9. The summed E-state index contributed by atoms with van der Waals surface area (Å²) in [6, 6.07) is 29.8. The van der Waals surface area contributed by atoms with E-state index in [1.165, 1.54) is 16.5 Å². The Hall–Kier alpha value is -3.26. The third-order valence-corrected chi connectivity index (χ3v) is 5.80. The lowest BCUT2D eigenvalue weighted by molar-refractivity contribution is 0.484. The Morgan fingerprint density at radius 3 is 2.23 bits per heavy atom. The van der Waals surface area contributed by atoms with Crippen molar-refractivity contribution in [2.24, 2.45) is 0 Å². The van der Waals surface area contributed by atoms with Crippen molar-refractivity contribution >= 4 is 16.5 Å². The van der Waals surface area contributed by atoms with Gasteiger partial charge < -0.3 is 10.1 Å². The maximum absolute atomic E-state index is 6.60. The Bertz CT molecular complexity index is 1190. The monoisotopic (exact) mass is 409 g/mol. The SMILES string of the molecule is Cc1cc(C(C)(C)C)ccc1Oc1c(NC(C)c2ccccc2)ccc2ccccc12. The maximum Gasteiger partial charge on any atom is 0.158 e. The van der Waals surface area contributed by atoms with Gasteiger partial charge in [-0.05, 0) is 53.5 Å². The minimum absolute atomic E-state index is 0.112. The Labute approximate surface area is 185 Å². The fourth-order valence-corrected chi connectivity index (χ4v) is 3.87. The largest absolute Gasteiger partial charge is 0.454 e. The van der Waals surface area contributed by atoms with E-state index in [2.05, 4.69) is 119 Å². The van der Waals surface area contributed by atoms with Crippen LogP contribution in [0, 0.1) is 6.92 Å². The van der Waals surface area contributed by atoms with E-state index in [9.17, 15) is 0 Å². The Morgan fingerprint density at radius 2 is 1.52 bits per heavy atom. The van der Waals surface area contributed by atoms with Crippen LogP contribution in [0.15, 0.2) is 84.9 Å². The normalized spacial score (nSPS) is 12.5. The van der Waals surface area contributed by atoms with Gasteiger partial charge in [-0.25, -0.2) is 0 Å². The second-order valence-corrected chi connectivity index (χ2v) is 9.27. The molecule has 0 saturated carbocycles. The van der Waals surface area contributed by atoms with Crippen molar-refractivity contribution in [3.8, 4) is 11.5 Å². The fourth-order valence-electron chi connectivity index (χ4n) is 3.87. The van der Waals surface area contributed by atoms with Crippen LogP contribution in [0.25, 0.3) is 10.8 Å². The van der Waals surface area contributed by atoms with Crippen LogP contribution < -0.4 is 10.1 Å². The van der Waals surface area contributed by atoms with Crippen molar-refractivity contribution in [3.63, 3.8) is 0 Å². The average molecular weight is 410 g/mol. The van der Waals surface area contributed by atoms with Crippen LogP contribution in [-0.4, -0.2) is 0 Å². The summed E-state index contributed by atoms with van der Waals surface area (Å²) in [7, 11) is 0. The van der Waals surface area contributed by atoms with Gasteiger partial charge in [0, 0.05) is 11.4 Å². The molecule has 2 nitrogen and oxygen atoms in total. The molecule has 0 aromatic heterocycles. The third kappa shape index (κ3) is 4.59. The van der Waals surface area contributed by atoms with E-state index in [-0.39, 0.29) is 11.5 Å². The van der Waals surface area contributed by atoms with Crippen LogP contribution in [0.5, 0.6) is 11.5 Å². The second kappa shape index (κ2) is 8.47. The number of hydrogen-bond donors (Lipinski definition) is 1. The molecule has 1 atom stereocenters. The molecule has 0 spiro atoms. The zero-order chi connectivity index (χ0) is 22.0. The van der Waals surface area contributed by atoms with E-state index >= 15 is 0 Å². The van der Waals surface area contributed by atoms with Crippen molar-refractivity contribution in [2.75, 3.05) is 5.32 Å². The van der Waals surface area contributed by atoms with Crippen molar-refractivity contribution in [1.29, 1.82) is 0 Å². The molecule has 0 amide bonds. The van der Waals surface area contributed by atoms with Gasteiger partial charge in [-0.15, -0.1) is 0 Å². The first-order chi connectivity index (χ1) is 14.8. The molecule has 4 aromatic rings. The highest BCUT2D eigenvalue weighted by molar-refractivity contribution is 5.93. The molecule has 2 heteroatoms. The first-order valence-electron chi connectivity index (χ1n) is 10.9. The summed E-state index contributed by atoms with van der Waals surface area (Å²) in [6.45, 7) is 11.0. The molecular formula is C29H31NO. The summed E-state index contributed by atoms with van der Waals surface area (Å²) in [5, 5.41) is 5.94. The molecule has 0 aliphatic heterocycles. The summed E-state index contributed by atoms with van der Waals surface area (Å²) in [6.07, 6.45) is 0. The van der Waals surface area contributed by atoms with Crippen molar-refractivity contribution in [2.45, 2.75) is 46.1 Å². The number of ether oxygens (including phenoxy) is 1. The van der Waals surface area contributed by atoms with Gasteiger partial charge >= 0.3 is 0 Å². The molecule has 1 unspecified atom stereocenters. The lowest BCUT2D eigenvalue weighted by Crippen LogP contribution is -2.11. The molecule has 0 fully saturated rings. The molecule has 0 aliphatic rings. The quantitative estimate of drug-likeness (QED) is 0.357. The molecular weight excluding hydrogens is 378 g/mol. The van der Waals surface area contributed by atoms with E-state index in [4.69, 9.17) is 4.74 Å². The number of aryl methyl sites for hydroxylation is 1. The number of nitrogens with one attached hydrogen (secondary N) is 1. The summed E-state index contributed by atoms with van der Waals surface area (Å²) in [5.74, 6) is 1.76. The maximum atomic E-state index is 6.60. The van der Waals surface area contributed by atoms with E-state index in [1.54, 1.807) is 0 Å². The molecule has 31 heavy (non-hydrogen) atoms. The van der Waals surface area contributed by atoms with Crippen LogP contribution in [0.1, 0.15) is 50.4 Å². The minimum atomic E-state index is 0.112. The predicted octanol–water partition coefficient (Wildman–Crippen LogP) is 8.41. The number of fused-ring (bicyclic) bond motifs is 1. The lowest BCUT2D eigenvalue weighted by atomic mass is 9.86. The molecule has 0 heterocycles. The van der Waals surface area contributed by atoms with Crippen LogP contribution in [0.2, 0.25) is 0 Å². The Balaban J connectivity index is 1.74. The van der Waals surface area contributed by atoms with Crippen LogP contribution in [-0.2, 0) is 5.41 Å². The second-order valence-electron chi connectivity index (χ2n) is 9.27. The molecule has 4 rings (SSSR count). The van der Waals surface area contributed by atoms with Gasteiger partial charge in [-0.3, -0.25) is 0 Å². The fraction of sp³-hybridized carbons (Fsp3) is 0.241. The van der Waals surface area contributed by atoms with Gasteiger partial charge in [-0.1, -0.05) is 93.6 Å². The van der Waals surface area contributed by atoms with E-state index < -0.39 is 0 Å². The first kappa shape index (κ1) is 21.0. The molecule has 0 aliphatic carbocycles. The topological polar surface area (TPSA) is 21.3 Å². The smallest absolute Gasteiger partial charge is 0.158 e. The van der Waals surface area contributed by atoms with E-state index in [0.29, 0.717) is 0 Å². The van der Waals surface area contributed by atoms with Gasteiger partial charge in [0.15, 0.2) is 5.75 Å². The van der Waals surface area contributed by atoms with Crippen LogP contribution in [0.3, 0.4) is 0 Å². The number of anilines is 1. The molecule has 0 saturated heterocycles. The van der Waals surface area contributed by atoms with Crippen molar-refractivity contribution < 1.29 is 4.74 Å². The Morgan fingerprint density at radius 1 is 0.806 bits per heavy atom. The van der Waals surface area contributed by atoms with Gasteiger partial charge in [0.2, 0.25) is 0 Å². The summed E-state index contributed by atoms with van der Waals surface area (Å²) in [4.78, 5) is 0. The third-order valence-electron chi connectivity index (χ3n) is 5.80. The van der Waals surface area contributed by atoms with Crippen LogP contribution >= 0.6 is 0 Å². The van der Waals surface area contributed by atoms with Gasteiger partial charge in [0.25, 0.3) is 0 Å². The van der Waals surface area contributed by atoms with Crippen molar-refractivity contribution in [3.05, 3.63) is 102 Å². The summed E-state index contributed by atoms with van der Waals surface area (Å²) < 4.78 is 6.60. The molecule has 158 valence electrons. The summed E-state index contributed by atoms with van der Waals surface area (Å²) >= 11 is 0.